The maximum absolute atomic E-state index is 12.5. The topological polar surface area (TPSA) is 66.6 Å². The summed E-state index contributed by atoms with van der Waals surface area (Å²) in [6, 6.07) is -0.210. The molecule has 0 atom stereocenters. The zero-order valence-electron chi connectivity index (χ0n) is 17.1. The Labute approximate surface area is 170 Å². The van der Waals surface area contributed by atoms with E-state index in [9.17, 15) is 27.2 Å². The van der Waals surface area contributed by atoms with Crippen LogP contribution in [-0.4, -0.2) is 78.0 Å². The van der Waals surface area contributed by atoms with Crippen LogP contribution in [0.4, 0.5) is 17.6 Å². The molecule has 2 aliphatic heterocycles. The highest BCUT2D eigenvalue weighted by molar-refractivity contribution is 5.79. The molecule has 0 aromatic carbocycles. The van der Waals surface area contributed by atoms with Crippen molar-refractivity contribution in [2.45, 2.75) is 82.2 Å². The van der Waals surface area contributed by atoms with Crippen LogP contribution in [-0.2, 0) is 9.59 Å². The van der Waals surface area contributed by atoms with E-state index in [-0.39, 0.29) is 43.6 Å². The molecule has 29 heavy (non-hydrogen) atoms. The first-order chi connectivity index (χ1) is 13.5. The second-order valence-electron chi connectivity index (χ2n) is 8.49. The van der Waals surface area contributed by atoms with Crippen molar-refractivity contribution >= 4 is 11.6 Å². The second kappa shape index (κ2) is 10.3. The van der Waals surface area contributed by atoms with Crippen molar-refractivity contribution < 1.29 is 27.2 Å². The first-order valence-electron chi connectivity index (χ1n) is 10.5. The van der Waals surface area contributed by atoms with Gasteiger partial charge in [-0.1, -0.05) is 6.92 Å². The number of carbonyl (C=O) groups is 2. The minimum absolute atomic E-state index is 0.0127. The van der Waals surface area contributed by atoms with Gasteiger partial charge >= 0.3 is 0 Å². The zero-order valence-corrected chi connectivity index (χ0v) is 17.1. The zero-order chi connectivity index (χ0) is 21.7. The SMILES string of the molecule is CCN1CCC(=O)CC1.NC1CC(F)(F)C1.O=C1CCN(C2CC(F)(F)C2)CC1. The van der Waals surface area contributed by atoms with E-state index in [2.05, 4.69) is 11.8 Å². The highest BCUT2D eigenvalue weighted by Gasteiger charge is 2.48. The summed E-state index contributed by atoms with van der Waals surface area (Å²) in [5.41, 5.74) is 5.07. The van der Waals surface area contributed by atoms with Crippen LogP contribution in [0.1, 0.15) is 58.3 Å². The molecular formula is C20H33F4N3O2. The number of Topliss-reactive ketones (excluding diaryl/α,β-unsaturated/α-hetero) is 2. The fraction of sp³-hybridized carbons (Fsp3) is 0.900. The first-order valence-corrected chi connectivity index (χ1v) is 10.5. The van der Waals surface area contributed by atoms with Gasteiger partial charge in [-0.15, -0.1) is 0 Å². The molecule has 0 aromatic rings. The van der Waals surface area contributed by atoms with Crippen molar-refractivity contribution in [2.24, 2.45) is 5.73 Å². The summed E-state index contributed by atoms with van der Waals surface area (Å²) < 4.78 is 48.5. The van der Waals surface area contributed by atoms with Crippen LogP contribution >= 0.6 is 0 Å². The lowest BCUT2D eigenvalue weighted by molar-refractivity contribution is -0.135. The normalized spacial score (nSPS) is 27.7. The Morgan fingerprint density at radius 2 is 1.24 bits per heavy atom. The van der Waals surface area contributed by atoms with E-state index >= 15 is 0 Å². The highest BCUT2D eigenvalue weighted by Crippen LogP contribution is 2.41. The Bertz CT molecular complexity index is 538. The van der Waals surface area contributed by atoms with E-state index < -0.39 is 11.8 Å². The number of rotatable bonds is 2. The molecule has 0 spiro atoms. The van der Waals surface area contributed by atoms with E-state index in [1.54, 1.807) is 0 Å². The largest absolute Gasteiger partial charge is 0.327 e. The lowest BCUT2D eigenvalue weighted by Gasteiger charge is -2.43. The lowest BCUT2D eigenvalue weighted by atomic mass is 9.86. The molecule has 0 radical (unpaired) electrons. The Kier molecular flexibility index (Phi) is 8.60. The molecule has 0 amide bonds. The number of halogens is 4. The number of hydrogen-bond acceptors (Lipinski definition) is 5. The monoisotopic (exact) mass is 423 g/mol. The summed E-state index contributed by atoms with van der Waals surface area (Å²) in [6.07, 6.45) is 2.37. The summed E-state index contributed by atoms with van der Waals surface area (Å²) in [7, 11) is 0. The van der Waals surface area contributed by atoms with Gasteiger partial charge in [-0.2, -0.15) is 0 Å². The highest BCUT2D eigenvalue weighted by atomic mass is 19.3. The van der Waals surface area contributed by atoms with E-state index in [1.807, 2.05) is 4.90 Å². The number of hydrogen-bond donors (Lipinski definition) is 1. The minimum Gasteiger partial charge on any atom is -0.327 e. The van der Waals surface area contributed by atoms with Crippen LogP contribution in [0.15, 0.2) is 0 Å². The van der Waals surface area contributed by atoms with E-state index in [0.717, 1.165) is 32.5 Å². The average molecular weight is 423 g/mol. The fourth-order valence-electron chi connectivity index (χ4n) is 3.85. The number of alkyl halides is 4. The molecule has 5 nitrogen and oxygen atoms in total. The lowest BCUT2D eigenvalue weighted by Crippen LogP contribution is -2.53. The second-order valence-corrected chi connectivity index (χ2v) is 8.49. The molecule has 4 aliphatic rings. The predicted molar refractivity (Wildman–Crippen MR) is 102 cm³/mol. The van der Waals surface area contributed by atoms with Crippen LogP contribution in [0.5, 0.6) is 0 Å². The van der Waals surface area contributed by atoms with Crippen molar-refractivity contribution in [3.63, 3.8) is 0 Å². The van der Waals surface area contributed by atoms with E-state index in [0.29, 0.717) is 31.7 Å². The molecule has 2 N–H and O–H groups in total. The van der Waals surface area contributed by atoms with Crippen molar-refractivity contribution in [1.82, 2.24) is 9.80 Å². The van der Waals surface area contributed by atoms with Crippen molar-refractivity contribution in [1.29, 1.82) is 0 Å². The van der Waals surface area contributed by atoms with E-state index in [4.69, 9.17) is 5.73 Å². The Morgan fingerprint density at radius 3 is 1.55 bits per heavy atom. The maximum atomic E-state index is 12.5. The van der Waals surface area contributed by atoms with Gasteiger partial charge in [-0.05, 0) is 6.54 Å². The number of likely N-dealkylation sites (tertiary alicyclic amines) is 2. The van der Waals surface area contributed by atoms with Gasteiger partial charge in [0, 0.05) is 89.6 Å². The number of nitrogens with zero attached hydrogens (tertiary/aromatic N) is 2. The molecular weight excluding hydrogens is 390 g/mol. The van der Waals surface area contributed by atoms with Crippen LogP contribution in [0.2, 0.25) is 0 Å². The summed E-state index contributed by atoms with van der Waals surface area (Å²) in [5, 5.41) is 0. The molecule has 4 fully saturated rings. The van der Waals surface area contributed by atoms with Crippen LogP contribution in [0.3, 0.4) is 0 Å². The quantitative estimate of drug-likeness (QED) is 0.692. The molecule has 0 aromatic heterocycles. The summed E-state index contributed by atoms with van der Waals surface area (Å²) >= 11 is 0. The molecule has 0 unspecified atom stereocenters. The first kappa shape index (κ1) is 24.2. The summed E-state index contributed by atoms with van der Waals surface area (Å²) in [6.45, 7) is 6.55. The molecule has 2 saturated heterocycles. The van der Waals surface area contributed by atoms with Crippen LogP contribution in [0, 0.1) is 0 Å². The third-order valence-electron chi connectivity index (χ3n) is 5.92. The molecule has 0 bridgehead atoms. The Morgan fingerprint density at radius 1 is 0.828 bits per heavy atom. The van der Waals surface area contributed by atoms with Gasteiger partial charge in [0.05, 0.1) is 0 Å². The number of nitrogens with two attached hydrogens (primary N) is 1. The standard InChI is InChI=1S/C9H13F2NO.C7H13NO.C4H7F2N/c10-9(11)5-7(6-9)12-3-1-8(13)2-4-12;1-2-8-5-3-7(9)4-6-8;5-4(6)1-3(7)2-4/h7H,1-6H2;2-6H2,1H3;3H,1-2,7H2. The Hall–Kier alpha value is -1.06. The summed E-state index contributed by atoms with van der Waals surface area (Å²) in [4.78, 5) is 25.9. The van der Waals surface area contributed by atoms with Gasteiger partial charge in [0.2, 0.25) is 0 Å². The van der Waals surface area contributed by atoms with Crippen LogP contribution < -0.4 is 5.73 Å². The molecule has 2 aliphatic carbocycles. The fourth-order valence-corrected chi connectivity index (χ4v) is 3.85. The number of ketones is 2. The Balaban J connectivity index is 0.000000164. The minimum atomic E-state index is -2.44. The van der Waals surface area contributed by atoms with Gasteiger partial charge in [0.25, 0.3) is 11.8 Å². The summed E-state index contributed by atoms with van der Waals surface area (Å²) in [5.74, 6) is -4.17. The van der Waals surface area contributed by atoms with Gasteiger partial charge in [0.15, 0.2) is 0 Å². The van der Waals surface area contributed by atoms with Crippen LogP contribution in [0.25, 0.3) is 0 Å². The molecule has 168 valence electrons. The molecule has 2 heterocycles. The van der Waals surface area contributed by atoms with Gasteiger partial charge < -0.3 is 10.6 Å². The van der Waals surface area contributed by atoms with Gasteiger partial charge in [0.1, 0.15) is 11.6 Å². The smallest absolute Gasteiger partial charge is 0.251 e. The predicted octanol–water partition coefficient (Wildman–Crippen LogP) is 2.86. The maximum Gasteiger partial charge on any atom is 0.251 e. The number of carbonyl (C=O) groups excluding carboxylic acids is 2. The number of piperidine rings is 2. The van der Waals surface area contributed by atoms with Gasteiger partial charge in [-0.3, -0.25) is 14.5 Å². The van der Waals surface area contributed by atoms with Crippen molar-refractivity contribution in [2.75, 3.05) is 32.7 Å². The molecule has 9 heteroatoms. The van der Waals surface area contributed by atoms with E-state index in [1.165, 1.54) is 0 Å². The third kappa shape index (κ3) is 8.30. The molecule has 2 saturated carbocycles. The third-order valence-corrected chi connectivity index (χ3v) is 5.92. The van der Waals surface area contributed by atoms with Gasteiger partial charge in [-0.25, -0.2) is 17.6 Å². The van der Waals surface area contributed by atoms with Crippen molar-refractivity contribution in [3.05, 3.63) is 0 Å². The average Bonchev–Trinajstić information content (AvgIpc) is 2.61. The van der Waals surface area contributed by atoms with Crippen molar-refractivity contribution in [3.8, 4) is 0 Å². The molecule has 4 rings (SSSR count).